The van der Waals surface area contributed by atoms with Crippen molar-refractivity contribution in [3.63, 3.8) is 0 Å². The Morgan fingerprint density at radius 1 is 1.11 bits per heavy atom. The zero-order chi connectivity index (χ0) is 14.0. The van der Waals surface area contributed by atoms with Gasteiger partial charge in [-0.25, -0.2) is 0 Å². The summed E-state index contributed by atoms with van der Waals surface area (Å²) in [4.78, 5) is 9.90. The fraction of sp³-hybridized carbons (Fsp3) is 0.900. The molecule has 1 aliphatic heterocycles. The summed E-state index contributed by atoms with van der Waals surface area (Å²) in [5, 5.41) is 46.7. The minimum Gasteiger partial charge on any atom is -0.394 e. The highest BCUT2D eigenvalue weighted by molar-refractivity contribution is 5.56. The number of carbonyl (C=O) groups is 1. The van der Waals surface area contributed by atoms with E-state index in [0.29, 0.717) is 0 Å². The van der Waals surface area contributed by atoms with Crippen LogP contribution in [0.5, 0.6) is 0 Å². The molecule has 1 saturated heterocycles. The van der Waals surface area contributed by atoms with Crippen LogP contribution in [0.15, 0.2) is 0 Å². The third-order valence-corrected chi connectivity index (χ3v) is 2.27. The average Bonchev–Trinajstić information content (AvgIpc) is 2.46. The number of hydrogen-bond acceptors (Lipinski definition) is 8. The summed E-state index contributed by atoms with van der Waals surface area (Å²) in [6, 6.07) is 0. The van der Waals surface area contributed by atoms with Gasteiger partial charge in [-0.2, -0.15) is 0 Å². The number of aliphatic hydroxyl groups is 5. The van der Waals surface area contributed by atoms with Crippen LogP contribution in [-0.4, -0.2) is 89.1 Å². The lowest BCUT2D eigenvalue weighted by molar-refractivity contribution is -0.136. The topological polar surface area (TPSA) is 139 Å². The minimum atomic E-state index is -1.79. The first-order valence-electron chi connectivity index (χ1n) is 5.61. The monoisotopic (exact) mass is 267 g/mol. The number of nitrogens with one attached hydrogen (secondary N) is 1. The van der Waals surface area contributed by atoms with Crippen LogP contribution in [0.4, 0.5) is 0 Å². The molecule has 0 unspecified atom stereocenters. The summed E-state index contributed by atoms with van der Waals surface area (Å²) >= 11 is 0. The molecule has 0 bridgehead atoms. The number of aldehydes is 1. The number of morpholine rings is 1. The molecule has 0 aromatic rings. The standard InChI is InChI=1S/C6H12O6.C4H9NO/c7-1-3(9)5(11)6(12)4(10)2-8;1-3-6-4-2-5-1/h1,3-6,8-12H,2H2;5H,1-4H2/t3-,4+,5+,6+;/m0./s1. The van der Waals surface area contributed by atoms with Crippen LogP contribution in [0.2, 0.25) is 0 Å². The summed E-state index contributed by atoms with van der Waals surface area (Å²) in [5.41, 5.74) is 0. The third-order valence-electron chi connectivity index (χ3n) is 2.27. The van der Waals surface area contributed by atoms with Gasteiger partial charge in [0.1, 0.15) is 24.4 Å². The normalized spacial score (nSPS) is 22.1. The van der Waals surface area contributed by atoms with Gasteiger partial charge in [0.2, 0.25) is 0 Å². The number of ether oxygens (including phenoxy) is 1. The molecule has 6 N–H and O–H groups in total. The predicted octanol–water partition coefficient (Wildman–Crippen LogP) is -3.77. The van der Waals surface area contributed by atoms with Crippen molar-refractivity contribution in [2.75, 3.05) is 32.9 Å². The second kappa shape index (κ2) is 10.3. The summed E-state index contributed by atoms with van der Waals surface area (Å²) in [7, 11) is 0. The molecule has 0 aromatic carbocycles. The minimum absolute atomic E-state index is 0.0258. The van der Waals surface area contributed by atoms with E-state index in [2.05, 4.69) is 5.32 Å². The smallest absolute Gasteiger partial charge is 0.151 e. The van der Waals surface area contributed by atoms with Crippen LogP contribution in [0.1, 0.15) is 0 Å². The van der Waals surface area contributed by atoms with E-state index in [1.54, 1.807) is 0 Å². The fourth-order valence-corrected chi connectivity index (χ4v) is 1.13. The average molecular weight is 267 g/mol. The molecular formula is C10H21NO7. The first kappa shape index (κ1) is 17.4. The van der Waals surface area contributed by atoms with E-state index in [0.717, 1.165) is 26.3 Å². The molecule has 8 heteroatoms. The molecule has 1 aliphatic rings. The van der Waals surface area contributed by atoms with E-state index in [4.69, 9.17) is 30.3 Å². The SMILES string of the molecule is C1COCCN1.O=C[C@H](O)[C@@H](O)[C@H](O)[C@H](O)CO. The van der Waals surface area contributed by atoms with Gasteiger partial charge in [-0.3, -0.25) is 0 Å². The quantitative estimate of drug-likeness (QED) is 0.279. The number of rotatable bonds is 5. The Balaban J connectivity index is 0.000000397. The highest BCUT2D eigenvalue weighted by Gasteiger charge is 2.29. The second-order valence-electron chi connectivity index (χ2n) is 3.72. The van der Waals surface area contributed by atoms with Crippen molar-refractivity contribution in [2.24, 2.45) is 0 Å². The molecule has 1 fully saturated rings. The van der Waals surface area contributed by atoms with Crippen LogP contribution in [0, 0.1) is 0 Å². The summed E-state index contributed by atoms with van der Waals surface area (Å²) in [6.45, 7) is 3.07. The Morgan fingerprint density at radius 2 is 1.67 bits per heavy atom. The Bertz CT molecular complexity index is 201. The highest BCUT2D eigenvalue weighted by Crippen LogP contribution is 2.02. The van der Waals surface area contributed by atoms with Gasteiger partial charge in [-0.05, 0) is 0 Å². The first-order chi connectivity index (χ1) is 8.54. The van der Waals surface area contributed by atoms with Crippen LogP contribution >= 0.6 is 0 Å². The molecule has 1 heterocycles. The maximum absolute atomic E-state index is 9.90. The highest BCUT2D eigenvalue weighted by atomic mass is 16.5. The van der Waals surface area contributed by atoms with Gasteiger partial charge < -0.3 is 40.4 Å². The van der Waals surface area contributed by atoms with Crippen molar-refractivity contribution in [1.82, 2.24) is 5.32 Å². The molecule has 108 valence electrons. The van der Waals surface area contributed by atoms with Crippen molar-refractivity contribution >= 4 is 6.29 Å². The maximum atomic E-state index is 9.90. The molecule has 8 nitrogen and oxygen atoms in total. The van der Waals surface area contributed by atoms with Gasteiger partial charge >= 0.3 is 0 Å². The molecule has 1 rings (SSSR count). The van der Waals surface area contributed by atoms with Crippen molar-refractivity contribution < 1.29 is 35.1 Å². The van der Waals surface area contributed by atoms with E-state index in [9.17, 15) is 4.79 Å². The zero-order valence-electron chi connectivity index (χ0n) is 9.97. The van der Waals surface area contributed by atoms with E-state index in [1.165, 1.54) is 0 Å². The lowest BCUT2D eigenvalue weighted by Gasteiger charge is -2.22. The molecule has 0 radical (unpaired) electrons. The van der Waals surface area contributed by atoms with Gasteiger partial charge in [0.15, 0.2) is 6.29 Å². The third kappa shape index (κ3) is 6.97. The van der Waals surface area contributed by atoms with Crippen LogP contribution in [-0.2, 0) is 9.53 Å². The van der Waals surface area contributed by atoms with Gasteiger partial charge in [-0.15, -0.1) is 0 Å². The Kier molecular flexibility index (Phi) is 9.98. The first-order valence-corrected chi connectivity index (χ1v) is 5.61. The lowest BCUT2D eigenvalue weighted by atomic mass is 10.0. The number of hydrogen-bond donors (Lipinski definition) is 6. The van der Waals surface area contributed by atoms with E-state index < -0.39 is 31.0 Å². The van der Waals surface area contributed by atoms with Gasteiger partial charge in [0.05, 0.1) is 19.8 Å². The Morgan fingerprint density at radius 3 is 1.94 bits per heavy atom. The zero-order valence-corrected chi connectivity index (χ0v) is 9.97. The molecule has 18 heavy (non-hydrogen) atoms. The molecule has 4 atom stereocenters. The number of carbonyl (C=O) groups excluding carboxylic acids is 1. The molecule has 0 spiro atoms. The van der Waals surface area contributed by atoms with Crippen LogP contribution < -0.4 is 5.32 Å². The molecule has 0 aromatic heterocycles. The van der Waals surface area contributed by atoms with E-state index >= 15 is 0 Å². The van der Waals surface area contributed by atoms with Crippen LogP contribution in [0.25, 0.3) is 0 Å². The van der Waals surface area contributed by atoms with Gasteiger partial charge in [-0.1, -0.05) is 0 Å². The van der Waals surface area contributed by atoms with Crippen LogP contribution in [0.3, 0.4) is 0 Å². The lowest BCUT2D eigenvalue weighted by Crippen LogP contribution is -2.46. The van der Waals surface area contributed by atoms with Gasteiger partial charge in [0.25, 0.3) is 0 Å². The van der Waals surface area contributed by atoms with Crippen molar-refractivity contribution in [2.45, 2.75) is 24.4 Å². The number of aliphatic hydroxyl groups excluding tert-OH is 5. The summed E-state index contributed by atoms with van der Waals surface area (Å²) in [6.07, 6.45) is -6.84. The fourth-order valence-electron chi connectivity index (χ4n) is 1.13. The van der Waals surface area contributed by atoms with E-state index in [-0.39, 0.29) is 6.29 Å². The van der Waals surface area contributed by atoms with E-state index in [1.807, 2.05) is 0 Å². The molecule has 0 amide bonds. The second-order valence-corrected chi connectivity index (χ2v) is 3.72. The molecule has 0 saturated carbocycles. The summed E-state index contributed by atoms with van der Waals surface area (Å²) in [5.74, 6) is 0. The van der Waals surface area contributed by atoms with Crippen molar-refractivity contribution in [3.8, 4) is 0 Å². The van der Waals surface area contributed by atoms with Gasteiger partial charge in [0, 0.05) is 13.1 Å². The predicted molar refractivity (Wildman–Crippen MR) is 60.9 cm³/mol. The summed E-state index contributed by atoms with van der Waals surface area (Å²) < 4.78 is 5.01. The van der Waals surface area contributed by atoms with Crippen molar-refractivity contribution in [1.29, 1.82) is 0 Å². The molecular weight excluding hydrogens is 246 g/mol. The largest absolute Gasteiger partial charge is 0.394 e. The van der Waals surface area contributed by atoms with Crippen molar-refractivity contribution in [3.05, 3.63) is 0 Å². The molecule has 0 aliphatic carbocycles. The Labute approximate surface area is 105 Å². The Hall–Kier alpha value is -0.610. The maximum Gasteiger partial charge on any atom is 0.151 e.